The van der Waals surface area contributed by atoms with Gasteiger partial charge in [0.05, 0.1) is 10.4 Å². The number of amides is 1. The maximum absolute atomic E-state index is 12.7. The van der Waals surface area contributed by atoms with Crippen LogP contribution in [0.4, 0.5) is 5.00 Å². The number of anilines is 1. The maximum atomic E-state index is 12.7. The van der Waals surface area contributed by atoms with E-state index in [2.05, 4.69) is 37.3 Å². The van der Waals surface area contributed by atoms with Crippen LogP contribution in [0.3, 0.4) is 0 Å². The molecule has 0 radical (unpaired) electrons. The fourth-order valence-corrected chi connectivity index (χ4v) is 5.56. The number of nitrogens with zero attached hydrogens (tertiary/aromatic N) is 2. The van der Waals surface area contributed by atoms with E-state index in [0.717, 1.165) is 29.7 Å². The van der Waals surface area contributed by atoms with Crippen LogP contribution in [0.15, 0.2) is 28.1 Å². The number of aromatic nitrogens is 1. The number of hydrogen-bond donors (Lipinski definition) is 1. The van der Waals surface area contributed by atoms with E-state index in [1.54, 1.807) is 6.07 Å². The first kappa shape index (κ1) is 18.9. The van der Waals surface area contributed by atoms with Crippen molar-refractivity contribution in [1.82, 2.24) is 5.16 Å². The highest BCUT2D eigenvalue weighted by Gasteiger charge is 2.32. The molecule has 0 spiro atoms. The molecule has 3 heterocycles. The van der Waals surface area contributed by atoms with Gasteiger partial charge in [0.2, 0.25) is 0 Å². The predicted octanol–water partition coefficient (Wildman–Crippen LogP) is 5.74. The van der Waals surface area contributed by atoms with E-state index in [4.69, 9.17) is 4.52 Å². The van der Waals surface area contributed by atoms with Crippen LogP contribution in [0.25, 0.3) is 10.6 Å². The van der Waals surface area contributed by atoms with E-state index in [-0.39, 0.29) is 17.0 Å². The molecule has 5 nitrogen and oxygen atoms in total. The number of carbonyl (C=O) groups is 1. The molecule has 1 N–H and O–H groups in total. The monoisotopic (exact) mass is 411 g/mol. The van der Waals surface area contributed by atoms with E-state index in [1.807, 2.05) is 17.5 Å². The lowest BCUT2D eigenvalue weighted by Gasteiger charge is -2.33. The largest absolute Gasteiger partial charge is 0.355 e. The molecule has 1 amide bonds. The quantitative estimate of drug-likeness (QED) is 0.596. The first-order chi connectivity index (χ1) is 13.4. The molecule has 0 fully saturated rings. The summed E-state index contributed by atoms with van der Waals surface area (Å²) in [4.78, 5) is 14.8. The Morgan fingerprint density at radius 1 is 1.43 bits per heavy atom. The van der Waals surface area contributed by atoms with Gasteiger partial charge in [-0.05, 0) is 47.6 Å². The molecule has 0 aliphatic heterocycles. The molecule has 1 aliphatic rings. The first-order valence-corrected chi connectivity index (χ1v) is 10.9. The van der Waals surface area contributed by atoms with Gasteiger partial charge in [-0.2, -0.15) is 5.26 Å². The minimum Gasteiger partial charge on any atom is -0.355 e. The molecule has 1 unspecified atom stereocenters. The van der Waals surface area contributed by atoms with Crippen LogP contribution in [-0.2, 0) is 12.8 Å². The van der Waals surface area contributed by atoms with Crippen LogP contribution in [0, 0.1) is 22.7 Å². The second-order valence-electron chi connectivity index (χ2n) is 8.13. The highest BCUT2D eigenvalue weighted by molar-refractivity contribution is 7.16. The van der Waals surface area contributed by atoms with Gasteiger partial charge in [-0.3, -0.25) is 4.79 Å². The van der Waals surface area contributed by atoms with E-state index in [0.29, 0.717) is 22.2 Å². The lowest BCUT2D eigenvalue weighted by molar-refractivity contribution is 0.101. The number of nitrogens with one attached hydrogen (secondary N) is 1. The van der Waals surface area contributed by atoms with E-state index in [9.17, 15) is 10.1 Å². The molecule has 0 bridgehead atoms. The highest BCUT2D eigenvalue weighted by Crippen LogP contribution is 2.44. The van der Waals surface area contributed by atoms with Gasteiger partial charge >= 0.3 is 0 Å². The molecule has 28 heavy (non-hydrogen) atoms. The standard InChI is InChI=1S/C21H21N3O2S2/c1-21(2,3)12-6-7-13-14(11-22)20(28-18(13)9-12)23-19(25)15-10-16(26-24-15)17-5-4-8-27-17/h4-5,8,10,12H,6-7,9H2,1-3H3,(H,23,25). The zero-order valence-electron chi connectivity index (χ0n) is 16.0. The van der Waals surface area contributed by atoms with Crippen molar-refractivity contribution in [2.75, 3.05) is 5.32 Å². The van der Waals surface area contributed by atoms with E-state index in [1.165, 1.54) is 27.6 Å². The summed E-state index contributed by atoms with van der Waals surface area (Å²) in [5.41, 5.74) is 2.15. The average molecular weight is 412 g/mol. The van der Waals surface area contributed by atoms with Crippen molar-refractivity contribution in [2.45, 2.75) is 40.0 Å². The molecule has 144 valence electrons. The van der Waals surface area contributed by atoms with E-state index < -0.39 is 0 Å². The number of carbonyl (C=O) groups excluding carboxylic acids is 1. The Balaban J connectivity index is 1.56. The van der Waals surface area contributed by atoms with Gasteiger partial charge in [-0.15, -0.1) is 22.7 Å². The Hall–Kier alpha value is -2.43. The van der Waals surface area contributed by atoms with Gasteiger partial charge in [-0.1, -0.05) is 32.0 Å². The topological polar surface area (TPSA) is 78.9 Å². The Kier molecular flexibility index (Phi) is 4.86. The zero-order valence-corrected chi connectivity index (χ0v) is 17.7. The van der Waals surface area contributed by atoms with Crippen molar-refractivity contribution in [3.8, 4) is 16.7 Å². The van der Waals surface area contributed by atoms with Crippen molar-refractivity contribution in [1.29, 1.82) is 5.26 Å². The minimum absolute atomic E-state index is 0.214. The third-order valence-electron chi connectivity index (χ3n) is 5.34. The summed E-state index contributed by atoms with van der Waals surface area (Å²) in [5.74, 6) is 0.797. The van der Waals surface area contributed by atoms with Crippen LogP contribution >= 0.6 is 22.7 Å². The Labute approximate surface area is 172 Å². The van der Waals surface area contributed by atoms with Crippen molar-refractivity contribution >= 4 is 33.6 Å². The smallest absolute Gasteiger partial charge is 0.278 e. The summed E-state index contributed by atoms with van der Waals surface area (Å²) in [7, 11) is 0. The predicted molar refractivity (Wildman–Crippen MR) is 112 cm³/mol. The summed E-state index contributed by atoms with van der Waals surface area (Å²) >= 11 is 3.05. The molecule has 7 heteroatoms. The summed E-state index contributed by atoms with van der Waals surface area (Å²) in [6, 6.07) is 7.77. The summed E-state index contributed by atoms with van der Waals surface area (Å²) in [5, 5.41) is 19.0. The molecule has 1 atom stereocenters. The summed E-state index contributed by atoms with van der Waals surface area (Å²) < 4.78 is 5.30. The normalized spacial score (nSPS) is 16.4. The van der Waals surface area contributed by atoms with Crippen molar-refractivity contribution in [3.05, 3.63) is 45.3 Å². The van der Waals surface area contributed by atoms with Crippen molar-refractivity contribution in [3.63, 3.8) is 0 Å². The second kappa shape index (κ2) is 7.19. The summed E-state index contributed by atoms with van der Waals surface area (Å²) in [6.45, 7) is 6.79. The first-order valence-electron chi connectivity index (χ1n) is 9.23. The summed E-state index contributed by atoms with van der Waals surface area (Å²) in [6.07, 6.45) is 2.92. The Morgan fingerprint density at radius 3 is 2.93 bits per heavy atom. The zero-order chi connectivity index (χ0) is 19.9. The third kappa shape index (κ3) is 3.50. The van der Waals surface area contributed by atoms with Crippen molar-refractivity contribution in [2.24, 2.45) is 11.3 Å². The molecule has 1 aliphatic carbocycles. The van der Waals surface area contributed by atoms with Gasteiger partial charge in [0.25, 0.3) is 5.91 Å². The van der Waals surface area contributed by atoms with E-state index >= 15 is 0 Å². The van der Waals surface area contributed by atoms with Crippen molar-refractivity contribution < 1.29 is 9.32 Å². The maximum Gasteiger partial charge on any atom is 0.278 e. The van der Waals surface area contributed by atoms with Crippen LogP contribution in [-0.4, -0.2) is 11.1 Å². The van der Waals surface area contributed by atoms with Gasteiger partial charge < -0.3 is 9.84 Å². The highest BCUT2D eigenvalue weighted by atomic mass is 32.1. The third-order valence-corrected chi connectivity index (χ3v) is 7.39. The SMILES string of the molecule is CC(C)(C)C1CCc2c(sc(NC(=O)c3cc(-c4cccs4)on3)c2C#N)C1. The van der Waals surface area contributed by atoms with Gasteiger partial charge in [0, 0.05) is 10.9 Å². The molecule has 0 aromatic carbocycles. The molecular formula is C21H21N3O2S2. The average Bonchev–Trinajstić information content (AvgIpc) is 3.38. The number of fused-ring (bicyclic) bond motifs is 1. The fourth-order valence-electron chi connectivity index (χ4n) is 3.62. The lowest BCUT2D eigenvalue weighted by Crippen LogP contribution is -2.26. The molecular weight excluding hydrogens is 390 g/mol. The fraction of sp³-hybridized carbons (Fsp3) is 0.381. The molecule has 3 aromatic heterocycles. The lowest BCUT2D eigenvalue weighted by atomic mass is 9.72. The number of rotatable bonds is 3. The Morgan fingerprint density at radius 2 is 2.25 bits per heavy atom. The Bertz CT molecular complexity index is 1050. The number of thiophene rings is 2. The van der Waals surface area contributed by atoms with Gasteiger partial charge in [0.1, 0.15) is 11.1 Å². The second-order valence-corrected chi connectivity index (χ2v) is 10.2. The molecule has 0 saturated heterocycles. The van der Waals surface area contributed by atoms with Crippen LogP contribution < -0.4 is 5.32 Å². The van der Waals surface area contributed by atoms with Crippen LogP contribution in [0.1, 0.15) is 53.7 Å². The molecule has 4 rings (SSSR count). The molecule has 3 aromatic rings. The van der Waals surface area contributed by atoms with Gasteiger partial charge in [0.15, 0.2) is 11.5 Å². The van der Waals surface area contributed by atoms with Crippen LogP contribution in [0.2, 0.25) is 0 Å². The molecule has 0 saturated carbocycles. The number of nitriles is 1. The minimum atomic E-state index is -0.353. The van der Waals surface area contributed by atoms with Gasteiger partial charge in [-0.25, -0.2) is 0 Å². The number of hydrogen-bond acceptors (Lipinski definition) is 6. The van der Waals surface area contributed by atoms with Crippen LogP contribution in [0.5, 0.6) is 0 Å².